The first kappa shape index (κ1) is 38.3. The van der Waals surface area contributed by atoms with Crippen LogP contribution in [0.4, 0.5) is 0 Å². The van der Waals surface area contributed by atoms with Crippen molar-refractivity contribution in [3.63, 3.8) is 0 Å². The van der Waals surface area contributed by atoms with Crippen LogP contribution < -0.4 is 0 Å². The Bertz CT molecular complexity index is 569. The first-order valence-electron chi connectivity index (χ1n) is 17.3. The Morgan fingerprint density at radius 2 is 0.821 bits per heavy atom. The minimum absolute atomic E-state index is 0.00793. The highest BCUT2D eigenvalue weighted by Crippen LogP contribution is 2.18. The van der Waals surface area contributed by atoms with E-state index in [4.69, 9.17) is 0 Å². The quantitative estimate of drug-likeness (QED) is 0.0548. The van der Waals surface area contributed by atoms with E-state index in [9.17, 15) is 14.7 Å². The van der Waals surface area contributed by atoms with E-state index in [0.717, 1.165) is 25.7 Å². The first-order chi connectivity index (χ1) is 18.8. The van der Waals surface area contributed by atoms with Gasteiger partial charge in [0.25, 0.3) is 0 Å². The van der Waals surface area contributed by atoms with Crippen molar-refractivity contribution in [2.24, 2.45) is 0 Å². The fourth-order valence-electron chi connectivity index (χ4n) is 5.75. The van der Waals surface area contributed by atoms with Gasteiger partial charge in [-0.15, -0.1) is 0 Å². The van der Waals surface area contributed by atoms with Crippen LogP contribution in [-0.2, 0) is 9.59 Å². The largest absolute Gasteiger partial charge is 0.385 e. The van der Waals surface area contributed by atoms with Crippen LogP contribution in [0.15, 0.2) is 0 Å². The topological polar surface area (TPSA) is 54.4 Å². The van der Waals surface area contributed by atoms with Crippen LogP contribution in [0.2, 0.25) is 0 Å². The lowest BCUT2D eigenvalue weighted by molar-refractivity contribution is -0.877. The molecule has 0 spiro atoms. The van der Waals surface area contributed by atoms with Crippen LogP contribution in [-0.4, -0.2) is 54.4 Å². The zero-order chi connectivity index (χ0) is 29.2. The molecule has 2 atom stereocenters. The van der Waals surface area contributed by atoms with Crippen LogP contribution in [0.5, 0.6) is 0 Å². The van der Waals surface area contributed by atoms with Crippen molar-refractivity contribution in [2.75, 3.05) is 21.1 Å². The predicted molar refractivity (Wildman–Crippen MR) is 169 cm³/mol. The van der Waals surface area contributed by atoms with E-state index in [2.05, 4.69) is 13.8 Å². The maximum Gasteiger partial charge on any atom is 0.226 e. The molecule has 4 heteroatoms. The zero-order valence-corrected chi connectivity index (χ0v) is 27.3. The van der Waals surface area contributed by atoms with Gasteiger partial charge in [-0.2, -0.15) is 0 Å². The van der Waals surface area contributed by atoms with E-state index >= 15 is 0 Å². The lowest BCUT2D eigenvalue weighted by Gasteiger charge is -2.33. The van der Waals surface area contributed by atoms with Gasteiger partial charge in [-0.25, -0.2) is 0 Å². The maximum absolute atomic E-state index is 13.1. The molecule has 2 unspecified atom stereocenters. The Kier molecular flexibility index (Phi) is 25.7. The number of rotatable bonds is 30. The number of nitrogens with zero attached hydrogens (tertiary/aromatic N) is 1. The third-order valence-electron chi connectivity index (χ3n) is 8.29. The highest BCUT2D eigenvalue weighted by molar-refractivity contribution is 6.06. The summed E-state index contributed by atoms with van der Waals surface area (Å²) in [6.45, 7) is 4.52. The molecule has 4 nitrogen and oxygen atoms in total. The Morgan fingerprint density at radius 3 is 1.15 bits per heavy atom. The van der Waals surface area contributed by atoms with Gasteiger partial charge in [-0.05, 0) is 12.8 Å². The summed E-state index contributed by atoms with van der Waals surface area (Å²) in [6, 6.07) is -0.745. The summed E-state index contributed by atoms with van der Waals surface area (Å²) in [4.78, 5) is 26.1. The summed E-state index contributed by atoms with van der Waals surface area (Å²) in [7, 11) is 5.71. The number of unbranched alkanes of at least 4 members (excludes halogenated alkanes) is 22. The number of likely N-dealkylation sites (N-methyl/N-ethyl adjacent to an activating group) is 1. The number of hydrogen-bond acceptors (Lipinski definition) is 3. The van der Waals surface area contributed by atoms with E-state index in [1.807, 2.05) is 21.1 Å². The highest BCUT2D eigenvalue weighted by Gasteiger charge is 2.40. The molecule has 39 heavy (non-hydrogen) atoms. The molecule has 0 aliphatic rings. The highest BCUT2D eigenvalue weighted by atomic mass is 16.3. The van der Waals surface area contributed by atoms with Crippen LogP contribution in [0, 0.1) is 0 Å². The zero-order valence-electron chi connectivity index (χ0n) is 27.3. The molecule has 0 fully saturated rings. The van der Waals surface area contributed by atoms with Crippen LogP contribution in [0.25, 0.3) is 0 Å². The smallest absolute Gasteiger partial charge is 0.226 e. The predicted octanol–water partition coefficient (Wildman–Crippen LogP) is 9.74. The van der Waals surface area contributed by atoms with Gasteiger partial charge < -0.3 is 9.59 Å². The third kappa shape index (κ3) is 22.6. The van der Waals surface area contributed by atoms with Crippen molar-refractivity contribution in [3.05, 3.63) is 0 Å². The fraction of sp³-hybridized carbons (Fsp3) is 0.943. The van der Waals surface area contributed by atoms with Crippen molar-refractivity contribution in [1.82, 2.24) is 0 Å². The molecule has 0 heterocycles. The van der Waals surface area contributed by atoms with Crippen molar-refractivity contribution in [3.8, 4) is 0 Å². The number of ketones is 2. The van der Waals surface area contributed by atoms with Gasteiger partial charge in [-0.1, -0.05) is 162 Å². The SMILES string of the molecule is CCCCCCCCCCCCCCCC(=O)C(C(=O)C(O)CCCCCCCCCCCCC)[N+](C)(C)C. The molecule has 0 rings (SSSR count). The summed E-state index contributed by atoms with van der Waals surface area (Å²) >= 11 is 0. The summed E-state index contributed by atoms with van der Waals surface area (Å²) in [5, 5.41) is 10.6. The normalized spacial score (nSPS) is 13.5. The average molecular weight is 553 g/mol. The van der Waals surface area contributed by atoms with Crippen molar-refractivity contribution in [2.45, 2.75) is 193 Å². The van der Waals surface area contributed by atoms with Crippen molar-refractivity contribution >= 4 is 11.6 Å². The van der Waals surface area contributed by atoms with E-state index in [1.165, 1.54) is 128 Å². The summed E-state index contributed by atoms with van der Waals surface area (Å²) in [5.41, 5.74) is 0. The van der Waals surface area contributed by atoms with E-state index in [-0.39, 0.29) is 16.0 Å². The Hall–Kier alpha value is -0.740. The molecule has 0 amide bonds. The molecular weight excluding hydrogens is 482 g/mol. The molecule has 0 bridgehead atoms. The monoisotopic (exact) mass is 553 g/mol. The molecule has 1 N–H and O–H groups in total. The van der Waals surface area contributed by atoms with Gasteiger partial charge in [0.2, 0.25) is 11.8 Å². The number of aliphatic hydroxyl groups excluding tert-OH is 1. The molecule has 232 valence electrons. The van der Waals surface area contributed by atoms with Gasteiger partial charge in [0, 0.05) is 6.42 Å². The number of hydrogen-bond donors (Lipinski definition) is 1. The van der Waals surface area contributed by atoms with Gasteiger partial charge in [0.15, 0.2) is 5.78 Å². The number of Topliss-reactive ketones (excluding diaryl/α,β-unsaturated/α-hetero) is 2. The fourth-order valence-corrected chi connectivity index (χ4v) is 5.75. The first-order valence-corrected chi connectivity index (χ1v) is 17.3. The van der Waals surface area contributed by atoms with Crippen LogP contribution in [0.1, 0.15) is 181 Å². The Balaban J connectivity index is 4.03. The van der Waals surface area contributed by atoms with E-state index in [0.29, 0.717) is 12.8 Å². The second kappa shape index (κ2) is 26.2. The number of carbonyl (C=O) groups is 2. The lowest BCUT2D eigenvalue weighted by Crippen LogP contribution is -2.57. The number of quaternary nitrogens is 1. The van der Waals surface area contributed by atoms with Gasteiger partial charge in [0.1, 0.15) is 6.10 Å². The Morgan fingerprint density at radius 1 is 0.513 bits per heavy atom. The average Bonchev–Trinajstić information content (AvgIpc) is 2.89. The van der Waals surface area contributed by atoms with Gasteiger partial charge >= 0.3 is 0 Å². The standard InChI is InChI=1S/C35H70NO3/c1-6-8-10-12-14-16-18-19-21-22-24-26-28-30-32(37)34(36(3,4)5)35(39)33(38)31-29-27-25-23-20-17-15-13-11-9-7-2/h33-34,38H,6-31H2,1-5H3/q+1. The van der Waals surface area contributed by atoms with Crippen molar-refractivity contribution in [1.29, 1.82) is 0 Å². The molecule has 0 radical (unpaired) electrons. The second-order valence-corrected chi connectivity index (χ2v) is 13.2. The second-order valence-electron chi connectivity index (χ2n) is 13.2. The minimum Gasteiger partial charge on any atom is -0.385 e. The number of carbonyl (C=O) groups excluding carboxylic acids is 2. The lowest BCUT2D eigenvalue weighted by atomic mass is 9.94. The molecule has 0 aromatic heterocycles. The van der Waals surface area contributed by atoms with Gasteiger partial charge in [-0.3, -0.25) is 9.59 Å². The summed E-state index contributed by atoms with van der Waals surface area (Å²) in [6.07, 6.45) is 30.3. The summed E-state index contributed by atoms with van der Waals surface area (Å²) < 4.78 is 0.269. The molecule has 0 aliphatic carbocycles. The molecule has 0 aromatic rings. The maximum atomic E-state index is 13.1. The molecule has 0 saturated heterocycles. The van der Waals surface area contributed by atoms with E-state index < -0.39 is 12.1 Å². The molecular formula is C35H70NO3+. The van der Waals surface area contributed by atoms with Crippen molar-refractivity contribution < 1.29 is 19.2 Å². The van der Waals surface area contributed by atoms with E-state index in [1.54, 1.807) is 0 Å². The number of aliphatic hydroxyl groups is 1. The molecule has 0 aliphatic heterocycles. The van der Waals surface area contributed by atoms with Gasteiger partial charge in [0.05, 0.1) is 21.1 Å². The minimum atomic E-state index is -1.01. The molecule has 0 saturated carbocycles. The summed E-state index contributed by atoms with van der Waals surface area (Å²) in [5.74, 6) is -0.261. The Labute approximate surface area is 244 Å². The third-order valence-corrected chi connectivity index (χ3v) is 8.29. The molecule has 0 aromatic carbocycles. The van der Waals surface area contributed by atoms with Crippen LogP contribution in [0.3, 0.4) is 0 Å². The van der Waals surface area contributed by atoms with Crippen LogP contribution >= 0.6 is 0 Å².